The number of aryl methyl sites for hydroxylation is 1. The third kappa shape index (κ3) is 5.64. The summed E-state index contributed by atoms with van der Waals surface area (Å²) in [5, 5.41) is 7.07. The summed E-state index contributed by atoms with van der Waals surface area (Å²) in [6, 6.07) is 26.8. The van der Waals surface area contributed by atoms with Gasteiger partial charge in [-0.05, 0) is 35.6 Å². The van der Waals surface area contributed by atoms with Crippen LogP contribution in [0, 0.1) is 0 Å². The van der Waals surface area contributed by atoms with Crippen LogP contribution in [-0.2, 0) is 29.0 Å². The van der Waals surface area contributed by atoms with Gasteiger partial charge in [0.05, 0.1) is 6.42 Å². The number of benzene rings is 3. The molecule has 1 atom stereocenters. The van der Waals surface area contributed by atoms with E-state index in [0.717, 1.165) is 27.6 Å². The Hall–Kier alpha value is -3.86. The van der Waals surface area contributed by atoms with E-state index in [4.69, 9.17) is 0 Å². The fourth-order valence-electron chi connectivity index (χ4n) is 3.84. The van der Waals surface area contributed by atoms with E-state index in [1.54, 1.807) is 0 Å². The largest absolute Gasteiger partial charge is 0.361 e. The smallest absolute Gasteiger partial charge is 0.242 e. The molecule has 162 valence electrons. The van der Waals surface area contributed by atoms with E-state index in [9.17, 15) is 9.59 Å². The first-order valence-corrected chi connectivity index (χ1v) is 10.9. The van der Waals surface area contributed by atoms with Gasteiger partial charge in [-0.15, -0.1) is 0 Å². The molecule has 0 fully saturated rings. The topological polar surface area (TPSA) is 74.0 Å². The third-order valence-electron chi connectivity index (χ3n) is 5.55. The molecule has 0 bridgehead atoms. The van der Waals surface area contributed by atoms with E-state index < -0.39 is 6.04 Å². The van der Waals surface area contributed by atoms with Gasteiger partial charge >= 0.3 is 0 Å². The zero-order valence-electron chi connectivity index (χ0n) is 17.9. The number of para-hydroxylation sites is 1. The van der Waals surface area contributed by atoms with Crippen LogP contribution in [-0.4, -0.2) is 22.8 Å². The number of aromatic amines is 1. The molecule has 0 unspecified atom stereocenters. The highest BCUT2D eigenvalue weighted by Gasteiger charge is 2.21. The molecule has 0 aliphatic heterocycles. The number of amides is 2. The summed E-state index contributed by atoms with van der Waals surface area (Å²) >= 11 is 0. The zero-order chi connectivity index (χ0) is 22.2. The van der Waals surface area contributed by atoms with Crippen molar-refractivity contribution in [2.24, 2.45) is 0 Å². The second kappa shape index (κ2) is 10.4. The van der Waals surface area contributed by atoms with Crippen LogP contribution >= 0.6 is 0 Å². The Bertz CT molecular complexity index is 1170. The van der Waals surface area contributed by atoms with Crippen LogP contribution in [0.1, 0.15) is 23.1 Å². The van der Waals surface area contributed by atoms with Crippen LogP contribution in [0.5, 0.6) is 0 Å². The summed E-state index contributed by atoms with van der Waals surface area (Å²) in [5.74, 6) is -0.329. The Kier molecular flexibility index (Phi) is 6.98. The minimum absolute atomic E-state index is 0.157. The molecule has 5 heteroatoms. The lowest BCUT2D eigenvalue weighted by Crippen LogP contribution is -2.47. The monoisotopic (exact) mass is 425 g/mol. The number of carbonyl (C=O) groups excluding carboxylic acids is 2. The maximum Gasteiger partial charge on any atom is 0.242 e. The molecule has 3 N–H and O–H groups in total. The molecule has 4 rings (SSSR count). The van der Waals surface area contributed by atoms with E-state index >= 15 is 0 Å². The molecule has 3 aromatic carbocycles. The molecule has 0 aliphatic rings. The van der Waals surface area contributed by atoms with E-state index in [-0.39, 0.29) is 18.2 Å². The zero-order valence-corrected chi connectivity index (χ0v) is 17.9. The third-order valence-corrected chi connectivity index (χ3v) is 5.55. The number of nitrogens with one attached hydrogen (secondary N) is 3. The highest BCUT2D eigenvalue weighted by Crippen LogP contribution is 2.19. The lowest BCUT2D eigenvalue weighted by Gasteiger charge is -2.19. The number of hydrogen-bond donors (Lipinski definition) is 3. The molecule has 0 radical (unpaired) electrons. The van der Waals surface area contributed by atoms with Gasteiger partial charge in [0.25, 0.3) is 0 Å². The Labute approximate surface area is 187 Å². The second-order valence-electron chi connectivity index (χ2n) is 7.88. The van der Waals surface area contributed by atoms with Crippen molar-refractivity contribution in [2.75, 3.05) is 0 Å². The summed E-state index contributed by atoms with van der Waals surface area (Å²) in [4.78, 5) is 28.9. The SMILES string of the molecule is O=C(Cc1ccccc1)N[C@@H](CCc1c[nH]c2ccccc12)C(=O)NCc1ccccc1. The predicted octanol–water partition coefficient (Wildman–Crippen LogP) is 4.14. The second-order valence-corrected chi connectivity index (χ2v) is 7.88. The maximum atomic E-state index is 13.0. The molecule has 2 amide bonds. The number of hydrogen-bond acceptors (Lipinski definition) is 2. The molecule has 4 aromatic rings. The van der Waals surface area contributed by atoms with Crippen LogP contribution < -0.4 is 10.6 Å². The van der Waals surface area contributed by atoms with E-state index in [1.807, 2.05) is 85.1 Å². The van der Waals surface area contributed by atoms with Crippen LogP contribution in [0.2, 0.25) is 0 Å². The molecule has 0 spiro atoms. The summed E-state index contributed by atoms with van der Waals surface area (Å²) in [5.41, 5.74) is 4.15. The van der Waals surface area contributed by atoms with Gasteiger partial charge in [0.1, 0.15) is 6.04 Å². The predicted molar refractivity (Wildman–Crippen MR) is 127 cm³/mol. The van der Waals surface area contributed by atoms with Crippen molar-refractivity contribution in [3.8, 4) is 0 Å². The lowest BCUT2D eigenvalue weighted by molar-refractivity contribution is -0.129. The van der Waals surface area contributed by atoms with E-state index in [0.29, 0.717) is 19.4 Å². The molecule has 5 nitrogen and oxygen atoms in total. The van der Waals surface area contributed by atoms with Crippen molar-refractivity contribution in [1.29, 1.82) is 0 Å². The van der Waals surface area contributed by atoms with Gasteiger partial charge in [-0.2, -0.15) is 0 Å². The quantitative estimate of drug-likeness (QED) is 0.377. The van der Waals surface area contributed by atoms with Gasteiger partial charge in [-0.3, -0.25) is 9.59 Å². The van der Waals surface area contributed by atoms with Gasteiger partial charge < -0.3 is 15.6 Å². The van der Waals surface area contributed by atoms with Gasteiger partial charge in [0, 0.05) is 23.6 Å². The number of aromatic nitrogens is 1. The van der Waals surface area contributed by atoms with Gasteiger partial charge in [-0.25, -0.2) is 0 Å². The highest BCUT2D eigenvalue weighted by atomic mass is 16.2. The Morgan fingerprint density at radius 3 is 2.22 bits per heavy atom. The average molecular weight is 426 g/mol. The Morgan fingerprint density at radius 2 is 1.47 bits per heavy atom. The number of H-pyrrole nitrogens is 1. The molecule has 0 aliphatic carbocycles. The molecular weight excluding hydrogens is 398 g/mol. The molecule has 32 heavy (non-hydrogen) atoms. The number of fused-ring (bicyclic) bond motifs is 1. The summed E-state index contributed by atoms with van der Waals surface area (Å²) in [6.07, 6.45) is 3.42. The molecular formula is C27H27N3O2. The van der Waals surface area contributed by atoms with Crippen molar-refractivity contribution >= 4 is 22.7 Å². The van der Waals surface area contributed by atoms with Crippen LogP contribution in [0.4, 0.5) is 0 Å². The van der Waals surface area contributed by atoms with Gasteiger partial charge in [0.15, 0.2) is 0 Å². The van der Waals surface area contributed by atoms with Crippen molar-refractivity contribution in [2.45, 2.75) is 31.8 Å². The van der Waals surface area contributed by atoms with Crippen molar-refractivity contribution in [1.82, 2.24) is 15.6 Å². The Balaban J connectivity index is 1.43. The lowest BCUT2D eigenvalue weighted by atomic mass is 10.0. The average Bonchev–Trinajstić information content (AvgIpc) is 3.24. The maximum absolute atomic E-state index is 13.0. The van der Waals surface area contributed by atoms with Crippen LogP contribution in [0.3, 0.4) is 0 Å². The Morgan fingerprint density at radius 1 is 0.812 bits per heavy atom. The summed E-state index contributed by atoms with van der Waals surface area (Å²) in [6.45, 7) is 0.428. The van der Waals surface area contributed by atoms with Gasteiger partial charge in [-0.1, -0.05) is 78.9 Å². The van der Waals surface area contributed by atoms with Crippen LogP contribution in [0.15, 0.2) is 91.1 Å². The fraction of sp³-hybridized carbons (Fsp3) is 0.185. The first-order valence-electron chi connectivity index (χ1n) is 10.9. The molecule has 0 saturated heterocycles. The first-order chi connectivity index (χ1) is 15.7. The minimum Gasteiger partial charge on any atom is -0.361 e. The summed E-state index contributed by atoms with van der Waals surface area (Å²) in [7, 11) is 0. The van der Waals surface area contributed by atoms with Crippen LogP contribution in [0.25, 0.3) is 10.9 Å². The number of carbonyl (C=O) groups is 2. The van der Waals surface area contributed by atoms with Crippen molar-refractivity contribution in [3.05, 3.63) is 108 Å². The van der Waals surface area contributed by atoms with E-state index in [1.165, 1.54) is 0 Å². The highest BCUT2D eigenvalue weighted by molar-refractivity contribution is 5.88. The fourth-order valence-corrected chi connectivity index (χ4v) is 3.84. The van der Waals surface area contributed by atoms with E-state index in [2.05, 4.69) is 21.7 Å². The normalized spacial score (nSPS) is 11.8. The van der Waals surface area contributed by atoms with Crippen molar-refractivity contribution in [3.63, 3.8) is 0 Å². The first kappa shape index (κ1) is 21.4. The van der Waals surface area contributed by atoms with Crippen molar-refractivity contribution < 1.29 is 9.59 Å². The standard InChI is InChI=1S/C27H27N3O2/c31-26(17-20-9-3-1-4-10-20)30-25(27(32)29-18-21-11-5-2-6-12-21)16-15-22-19-28-24-14-8-7-13-23(22)24/h1-14,19,25,28H,15-18H2,(H,29,32)(H,30,31)/t25-/m0/s1. The molecule has 0 saturated carbocycles. The minimum atomic E-state index is -0.608. The number of rotatable bonds is 9. The molecule has 1 aromatic heterocycles. The van der Waals surface area contributed by atoms with Gasteiger partial charge in [0.2, 0.25) is 11.8 Å². The molecule has 1 heterocycles. The summed E-state index contributed by atoms with van der Waals surface area (Å²) < 4.78 is 0.